The van der Waals surface area contributed by atoms with Crippen LogP contribution < -0.4 is 0 Å². The van der Waals surface area contributed by atoms with Gasteiger partial charge >= 0.3 is 5.97 Å². The van der Waals surface area contributed by atoms with E-state index in [1.807, 2.05) is 0 Å². The molecule has 188 valence electrons. The van der Waals surface area contributed by atoms with Crippen LogP contribution in [0.15, 0.2) is 58.0 Å². The van der Waals surface area contributed by atoms with Crippen LogP contribution in [-0.2, 0) is 19.4 Å². The Morgan fingerprint density at radius 2 is 1.57 bits per heavy atom. The van der Waals surface area contributed by atoms with Crippen LogP contribution in [0.5, 0.6) is 0 Å². The highest BCUT2D eigenvalue weighted by molar-refractivity contribution is 7.99. The lowest BCUT2D eigenvalue weighted by molar-refractivity contribution is -0.136. The number of hydrogen-bond acceptors (Lipinski definition) is 7. The summed E-state index contributed by atoms with van der Waals surface area (Å²) in [5, 5.41) is 9.32. The molecule has 0 heterocycles. The van der Waals surface area contributed by atoms with Crippen molar-refractivity contribution in [1.82, 2.24) is 4.90 Å². The Kier molecular flexibility index (Phi) is 9.33. The fourth-order valence-corrected chi connectivity index (χ4v) is 4.64. The van der Waals surface area contributed by atoms with Gasteiger partial charge in [-0.1, -0.05) is 24.3 Å². The minimum Gasteiger partial charge on any atom is -0.481 e. The maximum absolute atomic E-state index is 13.7. The van der Waals surface area contributed by atoms with Crippen LogP contribution in [0.2, 0.25) is 0 Å². The summed E-state index contributed by atoms with van der Waals surface area (Å²) in [5.74, 6) is -2.05. The van der Waals surface area contributed by atoms with E-state index in [9.17, 15) is 32.4 Å². The third-order valence-electron chi connectivity index (χ3n) is 5.12. The van der Waals surface area contributed by atoms with Crippen LogP contribution >= 0.6 is 11.9 Å². The van der Waals surface area contributed by atoms with Crippen LogP contribution in [-0.4, -0.2) is 54.9 Å². The predicted octanol–water partition coefficient (Wildman–Crippen LogP) is 4.66. The smallest absolute Gasteiger partial charge is 0.303 e. The molecule has 0 spiro atoms. The topological polar surface area (TPSA) is 121 Å². The summed E-state index contributed by atoms with van der Waals surface area (Å²) in [6, 6.07) is 11.0. The molecule has 35 heavy (non-hydrogen) atoms. The average molecular weight is 523 g/mol. The van der Waals surface area contributed by atoms with Gasteiger partial charge in [-0.3, -0.25) is 9.59 Å². The predicted molar refractivity (Wildman–Crippen MR) is 135 cm³/mol. The number of allylic oxidation sites excluding steroid dienone is 1. The number of nitrogens with zero attached hydrogens (tertiary/aromatic N) is 2. The fraction of sp³-hybridized carbons (Fsp3) is 0.333. The van der Waals surface area contributed by atoms with Crippen LogP contribution in [0.25, 0.3) is 11.1 Å². The summed E-state index contributed by atoms with van der Waals surface area (Å²) >= 11 is 0.787. The van der Waals surface area contributed by atoms with Crippen molar-refractivity contribution in [3.05, 3.63) is 70.4 Å². The number of rotatable bonds is 11. The minimum absolute atomic E-state index is 0.0338. The monoisotopic (exact) mass is 522 g/mol. The van der Waals surface area contributed by atoms with Crippen molar-refractivity contribution in [1.29, 1.82) is 0 Å². The van der Waals surface area contributed by atoms with Gasteiger partial charge in [0, 0.05) is 42.8 Å². The van der Waals surface area contributed by atoms with Gasteiger partial charge in [-0.2, -0.15) is 0 Å². The highest BCUT2D eigenvalue weighted by Gasteiger charge is 2.28. The second-order valence-electron chi connectivity index (χ2n) is 8.64. The molecule has 0 aliphatic rings. The molecule has 0 fully saturated rings. The average Bonchev–Trinajstić information content (AvgIpc) is 2.76. The Morgan fingerprint density at radius 3 is 2.06 bits per heavy atom. The van der Waals surface area contributed by atoms with E-state index in [1.165, 1.54) is 53.4 Å². The van der Waals surface area contributed by atoms with Crippen molar-refractivity contribution >= 4 is 44.8 Å². The van der Waals surface area contributed by atoms with E-state index in [2.05, 4.69) is 4.58 Å². The van der Waals surface area contributed by atoms with E-state index in [0.29, 0.717) is 16.7 Å². The zero-order valence-electron chi connectivity index (χ0n) is 19.8. The maximum atomic E-state index is 13.7. The SMILES string of the molecule is CN(CC(C)(C)SN=O)C(=O)/C(=C(/CCC(=O)O)c1ccc(S(C)(=O)=O)cc1)c1ccc(F)cc1. The number of carbonyl (C=O) groups excluding carboxylic acids is 1. The number of carboxylic acid groups (broad SMARTS) is 1. The quantitative estimate of drug-likeness (QED) is 0.197. The zero-order chi connectivity index (χ0) is 26.4. The molecule has 0 aliphatic heterocycles. The van der Waals surface area contributed by atoms with Gasteiger partial charge in [0.15, 0.2) is 9.84 Å². The van der Waals surface area contributed by atoms with E-state index in [-0.39, 0.29) is 29.9 Å². The molecule has 2 aromatic carbocycles. The van der Waals surface area contributed by atoms with Crippen molar-refractivity contribution in [2.75, 3.05) is 19.8 Å². The molecule has 8 nitrogen and oxygen atoms in total. The highest BCUT2D eigenvalue weighted by Crippen LogP contribution is 2.34. The number of amides is 1. The Bertz CT molecular complexity index is 1220. The molecular formula is C24H27FN2O6S2. The number of likely N-dealkylation sites (N-methyl/N-ethyl adjacent to an activating group) is 1. The van der Waals surface area contributed by atoms with Crippen molar-refractivity contribution in [2.24, 2.45) is 4.58 Å². The molecule has 0 saturated carbocycles. The first-order valence-electron chi connectivity index (χ1n) is 10.5. The number of hydrogen-bond donors (Lipinski definition) is 1. The van der Waals surface area contributed by atoms with Crippen LogP contribution in [0.4, 0.5) is 4.39 Å². The molecular weight excluding hydrogens is 495 g/mol. The normalized spacial score (nSPS) is 12.6. The molecule has 0 bridgehead atoms. The third-order valence-corrected chi connectivity index (χ3v) is 6.94. The maximum Gasteiger partial charge on any atom is 0.303 e. The van der Waals surface area contributed by atoms with Gasteiger partial charge in [0.2, 0.25) is 0 Å². The van der Waals surface area contributed by atoms with Crippen LogP contribution in [0.1, 0.15) is 37.8 Å². The van der Waals surface area contributed by atoms with Gasteiger partial charge in [0.1, 0.15) is 5.82 Å². The van der Waals surface area contributed by atoms with Gasteiger partial charge in [-0.25, -0.2) is 12.8 Å². The number of nitroso groups, excluding NO2 is 1. The number of carbonyl (C=O) groups is 2. The Morgan fingerprint density at radius 1 is 1.03 bits per heavy atom. The lowest BCUT2D eigenvalue weighted by Crippen LogP contribution is -2.38. The molecule has 0 radical (unpaired) electrons. The van der Waals surface area contributed by atoms with Gasteiger partial charge < -0.3 is 10.0 Å². The first-order valence-corrected chi connectivity index (χ1v) is 13.2. The van der Waals surface area contributed by atoms with Crippen molar-refractivity contribution < 1.29 is 27.5 Å². The second-order valence-corrected chi connectivity index (χ2v) is 12.1. The lowest BCUT2D eigenvalue weighted by Gasteiger charge is -2.29. The Hall–Kier alpha value is -3.05. The molecule has 0 aromatic heterocycles. The number of carboxylic acids is 1. The van der Waals surface area contributed by atoms with E-state index in [1.54, 1.807) is 20.9 Å². The Labute approximate surface area is 208 Å². The first-order chi connectivity index (χ1) is 16.2. The number of halogens is 1. The van der Waals surface area contributed by atoms with Crippen molar-refractivity contribution in [3.8, 4) is 0 Å². The van der Waals surface area contributed by atoms with Crippen LogP contribution in [0, 0.1) is 10.7 Å². The Balaban J connectivity index is 2.73. The fourth-order valence-electron chi connectivity index (χ4n) is 3.56. The number of aliphatic carboxylic acids is 1. The van der Waals surface area contributed by atoms with E-state index >= 15 is 0 Å². The molecule has 2 aromatic rings. The molecule has 1 amide bonds. The summed E-state index contributed by atoms with van der Waals surface area (Å²) in [4.78, 5) is 37.3. The standard InChI is InChI=1S/C24H27FN2O6S2/c1-24(2,34-26-31)15-27(3)23(30)22(17-5-9-18(25)10-6-17)20(13-14-21(28)29)16-7-11-19(12-8-16)35(4,32)33/h5-12H,13-15H2,1-4H3,(H,28,29)/b22-20-. The summed E-state index contributed by atoms with van der Waals surface area (Å²) in [7, 11) is -1.93. The molecule has 0 aliphatic carbocycles. The summed E-state index contributed by atoms with van der Waals surface area (Å²) in [5.41, 5.74) is 1.35. The van der Waals surface area contributed by atoms with Crippen LogP contribution in [0.3, 0.4) is 0 Å². The van der Waals surface area contributed by atoms with E-state index in [4.69, 9.17) is 0 Å². The number of benzene rings is 2. The summed E-state index contributed by atoms with van der Waals surface area (Å²) in [6.07, 6.45) is 0.745. The number of sulfone groups is 1. The van der Waals surface area contributed by atoms with Gasteiger partial charge in [0.25, 0.3) is 5.91 Å². The largest absolute Gasteiger partial charge is 0.481 e. The third kappa shape index (κ3) is 8.00. The molecule has 0 atom stereocenters. The summed E-state index contributed by atoms with van der Waals surface area (Å²) < 4.78 is 39.6. The second kappa shape index (κ2) is 11.6. The molecule has 11 heteroatoms. The molecule has 2 rings (SSSR count). The van der Waals surface area contributed by atoms with Gasteiger partial charge in [-0.15, -0.1) is 4.91 Å². The first kappa shape index (κ1) is 28.2. The molecule has 0 saturated heterocycles. The molecule has 0 unspecified atom stereocenters. The van der Waals surface area contributed by atoms with Gasteiger partial charge in [0.05, 0.1) is 15.2 Å². The van der Waals surface area contributed by atoms with Crippen molar-refractivity contribution in [3.63, 3.8) is 0 Å². The summed E-state index contributed by atoms with van der Waals surface area (Å²) in [6.45, 7) is 3.64. The lowest BCUT2D eigenvalue weighted by atomic mass is 9.90. The van der Waals surface area contributed by atoms with Crippen molar-refractivity contribution in [2.45, 2.75) is 36.3 Å². The highest BCUT2D eigenvalue weighted by atomic mass is 32.2. The van der Waals surface area contributed by atoms with Gasteiger partial charge in [-0.05, 0) is 61.2 Å². The van der Waals surface area contributed by atoms with E-state index in [0.717, 1.165) is 18.2 Å². The minimum atomic E-state index is -3.47. The zero-order valence-corrected chi connectivity index (χ0v) is 21.5. The molecule has 1 N–H and O–H groups in total. The van der Waals surface area contributed by atoms with E-state index < -0.39 is 32.3 Å².